The van der Waals surface area contributed by atoms with Crippen LogP contribution in [0.1, 0.15) is 44.9 Å². The Morgan fingerprint density at radius 2 is 1.75 bits per heavy atom. The molecule has 2 atom stereocenters. The van der Waals surface area contributed by atoms with Crippen molar-refractivity contribution in [3.8, 4) is 0 Å². The number of hydrogen-bond donors (Lipinski definition) is 1. The highest BCUT2D eigenvalue weighted by molar-refractivity contribution is 5.67. The summed E-state index contributed by atoms with van der Waals surface area (Å²) in [6, 6.07) is 0. The SMILES string of the molecule is O=C(O[C@H]1CCCC[C@@H]1O)N1CCCCC1. The molecular formula is C12H21NO3. The number of carbonyl (C=O) groups is 1. The zero-order valence-corrected chi connectivity index (χ0v) is 9.73. The Hall–Kier alpha value is -0.770. The number of nitrogens with zero attached hydrogens (tertiary/aromatic N) is 1. The van der Waals surface area contributed by atoms with Gasteiger partial charge in [-0.2, -0.15) is 0 Å². The molecule has 0 aromatic carbocycles. The van der Waals surface area contributed by atoms with E-state index in [0.29, 0.717) is 0 Å². The number of carbonyl (C=O) groups excluding carboxylic acids is 1. The third-order valence-corrected chi connectivity index (χ3v) is 3.53. The van der Waals surface area contributed by atoms with Crippen molar-refractivity contribution in [1.29, 1.82) is 0 Å². The van der Waals surface area contributed by atoms with Crippen molar-refractivity contribution in [1.82, 2.24) is 4.90 Å². The number of piperidine rings is 1. The molecule has 0 unspecified atom stereocenters. The predicted octanol–water partition coefficient (Wildman–Crippen LogP) is 1.91. The zero-order valence-electron chi connectivity index (χ0n) is 9.73. The Morgan fingerprint density at radius 1 is 1.06 bits per heavy atom. The Labute approximate surface area is 96.6 Å². The molecule has 1 amide bonds. The molecule has 1 aliphatic carbocycles. The van der Waals surface area contributed by atoms with Crippen molar-refractivity contribution in [2.75, 3.05) is 13.1 Å². The lowest BCUT2D eigenvalue weighted by molar-refractivity contribution is -0.0341. The van der Waals surface area contributed by atoms with E-state index in [-0.39, 0.29) is 12.2 Å². The van der Waals surface area contributed by atoms with Crippen LogP contribution in [0.25, 0.3) is 0 Å². The first kappa shape index (κ1) is 11.7. The van der Waals surface area contributed by atoms with E-state index in [1.807, 2.05) is 0 Å². The van der Waals surface area contributed by atoms with E-state index in [9.17, 15) is 9.90 Å². The topological polar surface area (TPSA) is 49.8 Å². The molecule has 92 valence electrons. The van der Waals surface area contributed by atoms with Gasteiger partial charge in [0.25, 0.3) is 0 Å². The second kappa shape index (κ2) is 5.53. The second-order valence-corrected chi connectivity index (χ2v) is 4.82. The van der Waals surface area contributed by atoms with Crippen LogP contribution in [-0.2, 0) is 4.74 Å². The van der Waals surface area contributed by atoms with Gasteiger partial charge in [0.2, 0.25) is 0 Å². The summed E-state index contributed by atoms with van der Waals surface area (Å²) in [4.78, 5) is 13.6. The van der Waals surface area contributed by atoms with E-state index in [4.69, 9.17) is 4.74 Å². The van der Waals surface area contributed by atoms with Crippen LogP contribution < -0.4 is 0 Å². The van der Waals surface area contributed by atoms with Gasteiger partial charge in [-0.25, -0.2) is 4.79 Å². The van der Waals surface area contributed by atoms with Crippen molar-refractivity contribution in [2.45, 2.75) is 57.2 Å². The van der Waals surface area contributed by atoms with Crippen molar-refractivity contribution >= 4 is 6.09 Å². The average molecular weight is 227 g/mol. The molecule has 1 saturated heterocycles. The minimum atomic E-state index is -0.456. The molecule has 2 aliphatic rings. The quantitative estimate of drug-likeness (QED) is 0.744. The van der Waals surface area contributed by atoms with Gasteiger partial charge in [-0.3, -0.25) is 0 Å². The van der Waals surface area contributed by atoms with E-state index < -0.39 is 6.10 Å². The molecule has 1 saturated carbocycles. The molecular weight excluding hydrogens is 206 g/mol. The molecule has 1 aliphatic heterocycles. The Balaban J connectivity index is 1.80. The number of ether oxygens (including phenoxy) is 1. The van der Waals surface area contributed by atoms with Crippen LogP contribution in [0.4, 0.5) is 4.79 Å². The molecule has 1 N–H and O–H groups in total. The molecule has 16 heavy (non-hydrogen) atoms. The fourth-order valence-electron chi connectivity index (χ4n) is 2.50. The fraction of sp³-hybridized carbons (Fsp3) is 0.917. The van der Waals surface area contributed by atoms with E-state index >= 15 is 0 Å². The summed E-state index contributed by atoms with van der Waals surface area (Å²) in [6.07, 6.45) is 6.05. The van der Waals surface area contributed by atoms with Crippen LogP contribution in [0.2, 0.25) is 0 Å². The summed E-state index contributed by atoms with van der Waals surface area (Å²) in [5, 5.41) is 9.72. The van der Waals surface area contributed by atoms with Gasteiger partial charge >= 0.3 is 6.09 Å². The van der Waals surface area contributed by atoms with Gasteiger partial charge in [-0.1, -0.05) is 6.42 Å². The summed E-state index contributed by atoms with van der Waals surface area (Å²) < 4.78 is 5.38. The third kappa shape index (κ3) is 2.88. The molecule has 4 heteroatoms. The van der Waals surface area contributed by atoms with Crippen LogP contribution in [0.3, 0.4) is 0 Å². The Bertz CT molecular complexity index is 238. The van der Waals surface area contributed by atoms with E-state index in [1.54, 1.807) is 4.90 Å². The smallest absolute Gasteiger partial charge is 0.410 e. The first-order valence-electron chi connectivity index (χ1n) is 6.41. The highest BCUT2D eigenvalue weighted by Gasteiger charge is 2.28. The molecule has 0 aromatic heterocycles. The minimum Gasteiger partial charge on any atom is -0.443 e. The molecule has 2 fully saturated rings. The first-order chi connectivity index (χ1) is 7.77. The molecule has 0 spiro atoms. The number of aliphatic hydroxyl groups excluding tert-OH is 1. The standard InChI is InChI=1S/C12H21NO3/c14-10-6-2-3-7-11(10)16-12(15)13-8-4-1-5-9-13/h10-11,14H,1-9H2/t10-,11-/m0/s1. The maximum atomic E-state index is 11.8. The number of amides is 1. The van der Waals surface area contributed by atoms with Gasteiger partial charge in [0.05, 0.1) is 6.10 Å². The molecule has 4 nitrogen and oxygen atoms in total. The van der Waals surface area contributed by atoms with Crippen molar-refractivity contribution in [3.63, 3.8) is 0 Å². The van der Waals surface area contributed by atoms with Gasteiger partial charge in [0.15, 0.2) is 0 Å². The normalized spacial score (nSPS) is 31.2. The lowest BCUT2D eigenvalue weighted by Gasteiger charge is -2.31. The first-order valence-corrected chi connectivity index (χ1v) is 6.41. The van der Waals surface area contributed by atoms with Gasteiger partial charge in [-0.15, -0.1) is 0 Å². The zero-order chi connectivity index (χ0) is 11.4. The lowest BCUT2D eigenvalue weighted by Crippen LogP contribution is -2.41. The van der Waals surface area contributed by atoms with E-state index in [0.717, 1.165) is 51.6 Å². The molecule has 0 radical (unpaired) electrons. The van der Waals surface area contributed by atoms with Crippen molar-refractivity contribution in [3.05, 3.63) is 0 Å². The molecule has 0 aromatic rings. The van der Waals surface area contributed by atoms with Crippen molar-refractivity contribution < 1.29 is 14.6 Å². The molecule has 1 heterocycles. The van der Waals surface area contributed by atoms with Crippen molar-refractivity contribution in [2.24, 2.45) is 0 Å². The summed E-state index contributed by atoms with van der Waals surface area (Å²) in [5.41, 5.74) is 0. The van der Waals surface area contributed by atoms with Crippen LogP contribution in [0.5, 0.6) is 0 Å². The highest BCUT2D eigenvalue weighted by Crippen LogP contribution is 2.22. The van der Waals surface area contributed by atoms with Gasteiger partial charge in [-0.05, 0) is 38.5 Å². The third-order valence-electron chi connectivity index (χ3n) is 3.53. The number of rotatable bonds is 1. The van der Waals surface area contributed by atoms with E-state index in [2.05, 4.69) is 0 Å². The number of hydrogen-bond acceptors (Lipinski definition) is 3. The maximum absolute atomic E-state index is 11.8. The summed E-state index contributed by atoms with van der Waals surface area (Å²) in [5.74, 6) is 0. The minimum absolute atomic E-state index is 0.231. The second-order valence-electron chi connectivity index (χ2n) is 4.82. The fourth-order valence-corrected chi connectivity index (χ4v) is 2.50. The summed E-state index contributed by atoms with van der Waals surface area (Å²) >= 11 is 0. The lowest BCUT2D eigenvalue weighted by atomic mass is 9.95. The number of aliphatic hydroxyl groups is 1. The van der Waals surface area contributed by atoms with Crippen LogP contribution >= 0.6 is 0 Å². The largest absolute Gasteiger partial charge is 0.443 e. The van der Waals surface area contributed by atoms with E-state index in [1.165, 1.54) is 6.42 Å². The van der Waals surface area contributed by atoms with Gasteiger partial charge < -0.3 is 14.7 Å². The van der Waals surface area contributed by atoms with Crippen LogP contribution in [-0.4, -0.2) is 41.4 Å². The summed E-state index contributed by atoms with van der Waals surface area (Å²) in [7, 11) is 0. The predicted molar refractivity (Wildman–Crippen MR) is 60.2 cm³/mol. The summed E-state index contributed by atoms with van der Waals surface area (Å²) in [6.45, 7) is 1.61. The van der Waals surface area contributed by atoms with Crippen LogP contribution in [0.15, 0.2) is 0 Å². The van der Waals surface area contributed by atoms with Crippen LogP contribution in [0, 0.1) is 0 Å². The molecule has 2 rings (SSSR count). The highest BCUT2D eigenvalue weighted by atomic mass is 16.6. The Kier molecular flexibility index (Phi) is 4.04. The van der Waals surface area contributed by atoms with Gasteiger partial charge in [0.1, 0.15) is 6.10 Å². The maximum Gasteiger partial charge on any atom is 0.410 e. The van der Waals surface area contributed by atoms with Gasteiger partial charge in [0, 0.05) is 13.1 Å². The average Bonchev–Trinajstić information content (AvgIpc) is 2.33. The molecule has 0 bridgehead atoms. The Morgan fingerprint density at radius 3 is 2.44 bits per heavy atom. The monoisotopic (exact) mass is 227 g/mol. The number of likely N-dealkylation sites (tertiary alicyclic amines) is 1.